The summed E-state index contributed by atoms with van der Waals surface area (Å²) in [5, 5.41) is 2.89. The average molecular weight is 522 g/mol. The van der Waals surface area contributed by atoms with Crippen LogP contribution in [0.3, 0.4) is 0 Å². The molecule has 0 aliphatic carbocycles. The Bertz CT molecular complexity index is 1290. The first-order valence-electron chi connectivity index (χ1n) is 12.3. The first kappa shape index (κ1) is 27.9. The van der Waals surface area contributed by atoms with Crippen LogP contribution in [-0.4, -0.2) is 44.3 Å². The molecule has 1 unspecified atom stereocenters. The number of carbonyl (C=O) groups is 2. The van der Waals surface area contributed by atoms with Gasteiger partial charge in [0.25, 0.3) is 10.0 Å². The van der Waals surface area contributed by atoms with Crippen molar-refractivity contribution in [2.24, 2.45) is 5.92 Å². The molecule has 0 saturated carbocycles. The number of carbonyl (C=O) groups excluding carboxylic acids is 2. The van der Waals surface area contributed by atoms with Gasteiger partial charge in [-0.2, -0.15) is 0 Å². The van der Waals surface area contributed by atoms with Gasteiger partial charge in [0, 0.05) is 13.1 Å². The highest BCUT2D eigenvalue weighted by Crippen LogP contribution is 2.25. The Morgan fingerprint density at radius 3 is 2.08 bits per heavy atom. The van der Waals surface area contributed by atoms with Crippen molar-refractivity contribution >= 4 is 27.5 Å². The quantitative estimate of drug-likeness (QED) is 0.406. The van der Waals surface area contributed by atoms with Crippen molar-refractivity contribution in [1.82, 2.24) is 10.2 Å². The van der Waals surface area contributed by atoms with Gasteiger partial charge in [0.1, 0.15) is 12.6 Å². The van der Waals surface area contributed by atoms with E-state index < -0.39 is 28.5 Å². The van der Waals surface area contributed by atoms with Gasteiger partial charge in [-0.15, -0.1) is 0 Å². The minimum absolute atomic E-state index is 0.0849. The Balaban J connectivity index is 1.98. The van der Waals surface area contributed by atoms with Gasteiger partial charge in [0.05, 0.1) is 10.6 Å². The van der Waals surface area contributed by atoms with Crippen LogP contribution in [-0.2, 0) is 26.2 Å². The molecule has 0 radical (unpaired) electrons. The Morgan fingerprint density at radius 1 is 0.865 bits per heavy atom. The summed E-state index contributed by atoms with van der Waals surface area (Å²) in [6.07, 6.45) is 0. The van der Waals surface area contributed by atoms with Crippen molar-refractivity contribution in [3.05, 3.63) is 96.1 Å². The van der Waals surface area contributed by atoms with Crippen LogP contribution in [0.2, 0.25) is 0 Å². The van der Waals surface area contributed by atoms with Crippen LogP contribution >= 0.6 is 0 Å². The van der Waals surface area contributed by atoms with Crippen molar-refractivity contribution in [2.45, 2.75) is 45.2 Å². The Hall–Kier alpha value is -3.65. The van der Waals surface area contributed by atoms with Crippen molar-refractivity contribution in [3.8, 4) is 0 Å². The van der Waals surface area contributed by atoms with E-state index in [1.54, 1.807) is 43.3 Å². The van der Waals surface area contributed by atoms with Crippen LogP contribution in [0.15, 0.2) is 89.8 Å². The van der Waals surface area contributed by atoms with E-state index in [9.17, 15) is 18.0 Å². The van der Waals surface area contributed by atoms with E-state index in [4.69, 9.17) is 0 Å². The maximum absolute atomic E-state index is 13.8. The monoisotopic (exact) mass is 521 g/mol. The number of sulfonamides is 1. The summed E-state index contributed by atoms with van der Waals surface area (Å²) in [4.78, 5) is 28.3. The number of aryl methyl sites for hydroxylation is 1. The van der Waals surface area contributed by atoms with Crippen molar-refractivity contribution < 1.29 is 18.0 Å². The van der Waals surface area contributed by atoms with E-state index in [1.165, 1.54) is 17.0 Å². The lowest BCUT2D eigenvalue weighted by Gasteiger charge is -2.32. The molecule has 8 heteroatoms. The predicted molar refractivity (Wildman–Crippen MR) is 146 cm³/mol. The fourth-order valence-electron chi connectivity index (χ4n) is 3.85. The standard InChI is InChI=1S/C29H35N3O4S/c1-22(2)19-30-29(34)24(4)31(20-25-13-7-5-8-14-25)28(33)21-32(26-15-11-12-23(3)18-26)37(35,36)27-16-9-6-10-17-27/h5-18,22,24H,19-21H2,1-4H3,(H,30,34). The normalized spacial score (nSPS) is 12.1. The fraction of sp³-hybridized carbons (Fsp3) is 0.310. The van der Waals surface area contributed by atoms with Gasteiger partial charge < -0.3 is 10.2 Å². The number of amides is 2. The summed E-state index contributed by atoms with van der Waals surface area (Å²) in [5.41, 5.74) is 2.09. The van der Waals surface area contributed by atoms with E-state index in [-0.39, 0.29) is 23.3 Å². The number of rotatable bonds is 11. The van der Waals surface area contributed by atoms with E-state index in [0.29, 0.717) is 12.2 Å². The minimum atomic E-state index is -4.05. The molecule has 1 N–H and O–H groups in total. The smallest absolute Gasteiger partial charge is 0.264 e. The van der Waals surface area contributed by atoms with Crippen LogP contribution in [0.5, 0.6) is 0 Å². The molecule has 3 aromatic carbocycles. The van der Waals surface area contributed by atoms with Gasteiger partial charge in [0.15, 0.2) is 0 Å². The van der Waals surface area contributed by atoms with Crippen LogP contribution in [0.25, 0.3) is 0 Å². The first-order chi connectivity index (χ1) is 17.6. The third-order valence-corrected chi connectivity index (χ3v) is 7.74. The second-order valence-electron chi connectivity index (χ2n) is 9.49. The topological polar surface area (TPSA) is 86.8 Å². The predicted octanol–water partition coefficient (Wildman–Crippen LogP) is 4.38. The molecule has 0 saturated heterocycles. The number of hydrogen-bond donors (Lipinski definition) is 1. The molecule has 2 amide bonds. The van der Waals surface area contributed by atoms with Crippen molar-refractivity contribution in [3.63, 3.8) is 0 Å². The summed E-state index contributed by atoms with van der Waals surface area (Å²) in [5.74, 6) is -0.509. The third-order valence-electron chi connectivity index (χ3n) is 5.95. The number of nitrogens with zero attached hydrogens (tertiary/aromatic N) is 2. The zero-order valence-corrected chi connectivity index (χ0v) is 22.6. The number of hydrogen-bond acceptors (Lipinski definition) is 4. The molecule has 0 heterocycles. The van der Waals surface area contributed by atoms with Crippen molar-refractivity contribution in [1.29, 1.82) is 0 Å². The van der Waals surface area contributed by atoms with Gasteiger partial charge in [0.2, 0.25) is 11.8 Å². The summed E-state index contributed by atoms with van der Waals surface area (Å²) >= 11 is 0. The third kappa shape index (κ3) is 7.43. The van der Waals surface area contributed by atoms with Crippen LogP contribution in [0, 0.1) is 12.8 Å². The van der Waals surface area contributed by atoms with Gasteiger partial charge in [-0.3, -0.25) is 13.9 Å². The summed E-state index contributed by atoms with van der Waals surface area (Å²) in [6, 6.07) is 23.6. The molecule has 0 fully saturated rings. The molecule has 0 aliphatic rings. The summed E-state index contributed by atoms with van der Waals surface area (Å²) < 4.78 is 28.6. The zero-order valence-electron chi connectivity index (χ0n) is 21.8. The molecule has 0 spiro atoms. The van der Waals surface area contributed by atoms with Gasteiger partial charge >= 0.3 is 0 Å². The number of nitrogens with one attached hydrogen (secondary N) is 1. The Morgan fingerprint density at radius 2 is 1.49 bits per heavy atom. The molecule has 0 aromatic heterocycles. The van der Waals surface area contributed by atoms with Gasteiger partial charge in [-0.25, -0.2) is 8.42 Å². The number of benzene rings is 3. The average Bonchev–Trinajstić information content (AvgIpc) is 2.89. The van der Waals surface area contributed by atoms with Crippen LogP contribution in [0.1, 0.15) is 31.9 Å². The SMILES string of the molecule is Cc1cccc(N(CC(=O)N(Cc2ccccc2)C(C)C(=O)NCC(C)C)S(=O)(=O)c2ccccc2)c1. The second-order valence-corrected chi connectivity index (χ2v) is 11.3. The lowest BCUT2D eigenvalue weighted by molar-refractivity contribution is -0.139. The maximum atomic E-state index is 13.8. The Labute approximate surface area is 220 Å². The van der Waals surface area contributed by atoms with E-state index >= 15 is 0 Å². The fourth-order valence-corrected chi connectivity index (χ4v) is 5.27. The molecule has 3 aromatic rings. The van der Waals surface area contributed by atoms with E-state index in [1.807, 2.05) is 57.2 Å². The lowest BCUT2D eigenvalue weighted by atomic mass is 10.1. The Kier molecular flexibility index (Phi) is 9.47. The van der Waals surface area contributed by atoms with E-state index in [0.717, 1.165) is 15.4 Å². The molecule has 0 aliphatic heterocycles. The van der Waals surface area contributed by atoms with Gasteiger partial charge in [-0.1, -0.05) is 74.5 Å². The molecular weight excluding hydrogens is 486 g/mol. The summed E-state index contributed by atoms with van der Waals surface area (Å²) in [6.45, 7) is 7.71. The highest BCUT2D eigenvalue weighted by atomic mass is 32.2. The molecule has 7 nitrogen and oxygen atoms in total. The van der Waals surface area contributed by atoms with E-state index in [2.05, 4.69) is 5.32 Å². The molecule has 0 bridgehead atoms. The van der Waals surface area contributed by atoms with Crippen LogP contribution < -0.4 is 9.62 Å². The largest absolute Gasteiger partial charge is 0.354 e. The van der Waals surface area contributed by atoms with Crippen LogP contribution in [0.4, 0.5) is 5.69 Å². The highest BCUT2D eigenvalue weighted by molar-refractivity contribution is 7.92. The summed E-state index contributed by atoms with van der Waals surface area (Å²) in [7, 11) is -4.05. The molecule has 1 atom stereocenters. The minimum Gasteiger partial charge on any atom is -0.354 e. The highest BCUT2D eigenvalue weighted by Gasteiger charge is 2.32. The molecule has 37 heavy (non-hydrogen) atoms. The molecule has 196 valence electrons. The molecule has 3 rings (SSSR count). The molecular formula is C29H35N3O4S. The number of anilines is 1. The van der Waals surface area contributed by atoms with Gasteiger partial charge in [-0.05, 0) is 55.2 Å². The van der Waals surface area contributed by atoms with Crippen molar-refractivity contribution in [2.75, 3.05) is 17.4 Å². The lowest BCUT2D eigenvalue weighted by Crippen LogP contribution is -2.51. The second kappa shape index (κ2) is 12.5. The maximum Gasteiger partial charge on any atom is 0.264 e. The first-order valence-corrected chi connectivity index (χ1v) is 13.8. The zero-order chi connectivity index (χ0) is 27.0.